The number of allylic oxidation sites excluding steroid dienone is 4. The first kappa shape index (κ1) is 26.3. The van der Waals surface area contributed by atoms with Crippen molar-refractivity contribution in [2.45, 2.75) is 19.5 Å². The average molecular weight is 567 g/mol. The second-order valence-electron chi connectivity index (χ2n) is 8.10. The summed E-state index contributed by atoms with van der Waals surface area (Å²) in [6.07, 6.45) is 4.32. The fraction of sp³-hybridized carbons (Fsp3) is 0.217. The Labute approximate surface area is 219 Å². The van der Waals surface area contributed by atoms with Crippen LogP contribution >= 0.6 is 23.8 Å². The zero-order chi connectivity index (χ0) is 26.1. The topological polar surface area (TPSA) is 119 Å². The van der Waals surface area contributed by atoms with Crippen molar-refractivity contribution in [1.82, 2.24) is 14.5 Å². The summed E-state index contributed by atoms with van der Waals surface area (Å²) < 4.78 is 61.5. The van der Waals surface area contributed by atoms with Crippen LogP contribution in [0.2, 0.25) is 0 Å². The molecular weight excluding hydrogens is 544 g/mol. The summed E-state index contributed by atoms with van der Waals surface area (Å²) in [5, 5.41) is 5.33. The molecule has 2 aromatic carbocycles. The molecule has 1 aromatic heterocycles. The van der Waals surface area contributed by atoms with Gasteiger partial charge in [-0.05, 0) is 29.3 Å². The van der Waals surface area contributed by atoms with Crippen LogP contribution in [-0.2, 0) is 33.1 Å². The highest BCUT2D eigenvalue weighted by molar-refractivity contribution is 7.99. The van der Waals surface area contributed by atoms with E-state index < -0.39 is 20.0 Å². The SMILES string of the molecule is COc1cccc2c1c(NS(=O)(=O)C1=CC(Cl)=CCC1=S)nn2Cc1cccc(CNS(C)(=O)=O)c1. The third kappa shape index (κ3) is 5.95. The molecule has 4 rings (SSSR count). The van der Waals surface area contributed by atoms with Gasteiger partial charge in [0.15, 0.2) is 5.82 Å². The van der Waals surface area contributed by atoms with Crippen molar-refractivity contribution in [2.24, 2.45) is 0 Å². The maximum absolute atomic E-state index is 13.2. The van der Waals surface area contributed by atoms with Crippen LogP contribution in [0.4, 0.5) is 5.82 Å². The molecule has 1 aliphatic rings. The van der Waals surface area contributed by atoms with Crippen LogP contribution in [0.15, 0.2) is 64.6 Å². The number of nitrogens with zero attached hydrogens (tertiary/aromatic N) is 2. The Morgan fingerprint density at radius 1 is 1.14 bits per heavy atom. The lowest BCUT2D eigenvalue weighted by atomic mass is 10.1. The number of hydrogen-bond acceptors (Lipinski definition) is 7. The van der Waals surface area contributed by atoms with Crippen molar-refractivity contribution in [2.75, 3.05) is 18.1 Å². The van der Waals surface area contributed by atoms with Gasteiger partial charge in [0.05, 0.1) is 30.8 Å². The Kier molecular flexibility index (Phi) is 7.53. The molecule has 0 saturated heterocycles. The van der Waals surface area contributed by atoms with E-state index in [9.17, 15) is 16.8 Å². The largest absolute Gasteiger partial charge is 0.496 e. The highest BCUT2D eigenvalue weighted by atomic mass is 35.5. The summed E-state index contributed by atoms with van der Waals surface area (Å²) in [6, 6.07) is 12.7. The molecule has 0 saturated carbocycles. The van der Waals surface area contributed by atoms with Crippen molar-refractivity contribution in [3.8, 4) is 5.75 Å². The number of aromatic nitrogens is 2. The van der Waals surface area contributed by atoms with Gasteiger partial charge < -0.3 is 4.74 Å². The van der Waals surface area contributed by atoms with Crippen LogP contribution in [0.5, 0.6) is 5.75 Å². The molecule has 0 amide bonds. The van der Waals surface area contributed by atoms with E-state index in [-0.39, 0.29) is 28.6 Å². The summed E-state index contributed by atoms with van der Waals surface area (Å²) in [5.74, 6) is 0.535. The van der Waals surface area contributed by atoms with Crippen molar-refractivity contribution in [1.29, 1.82) is 0 Å². The maximum Gasteiger partial charge on any atom is 0.264 e. The third-order valence-electron chi connectivity index (χ3n) is 5.37. The monoisotopic (exact) mass is 566 g/mol. The Morgan fingerprint density at radius 2 is 1.86 bits per heavy atom. The number of anilines is 1. The summed E-state index contributed by atoms with van der Waals surface area (Å²) in [6.45, 7) is 0.450. The van der Waals surface area contributed by atoms with E-state index in [4.69, 9.17) is 28.6 Å². The van der Waals surface area contributed by atoms with E-state index in [1.807, 2.05) is 30.3 Å². The number of benzene rings is 2. The van der Waals surface area contributed by atoms with E-state index in [1.165, 1.54) is 13.2 Å². The maximum atomic E-state index is 13.2. The minimum atomic E-state index is -4.07. The van der Waals surface area contributed by atoms with Gasteiger partial charge >= 0.3 is 0 Å². The Balaban J connectivity index is 1.72. The number of rotatable bonds is 9. The number of hydrogen-bond donors (Lipinski definition) is 2. The zero-order valence-corrected chi connectivity index (χ0v) is 22.6. The minimum absolute atomic E-state index is 0.0753. The molecule has 13 heteroatoms. The molecule has 0 aliphatic heterocycles. The summed E-state index contributed by atoms with van der Waals surface area (Å²) >= 11 is 11.3. The fourth-order valence-electron chi connectivity index (χ4n) is 3.75. The lowest BCUT2D eigenvalue weighted by molar-refractivity contribution is 0.420. The van der Waals surface area contributed by atoms with Crippen molar-refractivity contribution in [3.05, 3.63) is 75.7 Å². The summed E-state index contributed by atoms with van der Waals surface area (Å²) in [7, 11) is -5.92. The molecule has 0 spiro atoms. The van der Waals surface area contributed by atoms with E-state index in [0.717, 1.165) is 17.4 Å². The van der Waals surface area contributed by atoms with Crippen LogP contribution in [0.25, 0.3) is 10.9 Å². The first-order valence-corrected chi connectivity index (χ1v) is 14.8. The molecule has 0 bridgehead atoms. The standard InChI is InChI=1S/C23H23ClN4O5S3/c1-33-19-8-4-7-18-22(19)23(27-36(31,32)21-12-17(24)9-10-20(21)34)26-28(18)14-16-6-3-5-15(11-16)13-25-35(2,29)30/h3-9,11-12,25H,10,13-14H2,1-2H3,(H,26,27). The van der Waals surface area contributed by atoms with Gasteiger partial charge in [0.25, 0.3) is 10.0 Å². The molecule has 9 nitrogen and oxygen atoms in total. The third-order valence-corrected chi connectivity index (χ3v) is 8.22. The van der Waals surface area contributed by atoms with Gasteiger partial charge in [0.2, 0.25) is 10.0 Å². The first-order valence-electron chi connectivity index (χ1n) is 10.7. The van der Waals surface area contributed by atoms with Gasteiger partial charge in [-0.3, -0.25) is 9.40 Å². The van der Waals surface area contributed by atoms with Crippen LogP contribution < -0.4 is 14.2 Å². The van der Waals surface area contributed by atoms with Crippen LogP contribution in [0.3, 0.4) is 0 Å². The van der Waals surface area contributed by atoms with E-state index in [0.29, 0.717) is 28.2 Å². The fourth-order valence-corrected chi connectivity index (χ4v) is 6.07. The summed E-state index contributed by atoms with van der Waals surface area (Å²) in [5.41, 5.74) is 2.26. The van der Waals surface area contributed by atoms with Crippen molar-refractivity contribution < 1.29 is 21.6 Å². The predicted octanol–water partition coefficient (Wildman–Crippen LogP) is 3.66. The zero-order valence-electron chi connectivity index (χ0n) is 19.4. The minimum Gasteiger partial charge on any atom is -0.496 e. The van der Waals surface area contributed by atoms with E-state index in [2.05, 4.69) is 14.5 Å². The number of sulfonamides is 2. The number of fused-ring (bicyclic) bond motifs is 1. The lowest BCUT2D eigenvalue weighted by Crippen LogP contribution is -2.21. The van der Waals surface area contributed by atoms with Gasteiger partial charge in [-0.2, -0.15) is 5.10 Å². The van der Waals surface area contributed by atoms with Crippen LogP contribution in [-0.4, -0.2) is 44.8 Å². The summed E-state index contributed by atoms with van der Waals surface area (Å²) in [4.78, 5) is 0.177. The lowest BCUT2D eigenvalue weighted by Gasteiger charge is -2.14. The van der Waals surface area contributed by atoms with Gasteiger partial charge in [-0.25, -0.2) is 21.6 Å². The quantitative estimate of drug-likeness (QED) is 0.379. The predicted molar refractivity (Wildman–Crippen MR) is 145 cm³/mol. The van der Waals surface area contributed by atoms with E-state index in [1.54, 1.807) is 22.9 Å². The molecule has 1 aliphatic carbocycles. The highest BCUT2D eigenvalue weighted by Crippen LogP contribution is 2.34. The Morgan fingerprint density at radius 3 is 2.58 bits per heavy atom. The second kappa shape index (κ2) is 10.3. The van der Waals surface area contributed by atoms with Crippen molar-refractivity contribution in [3.63, 3.8) is 0 Å². The number of thiocarbonyl (C=S) groups is 1. The molecule has 3 aromatic rings. The van der Waals surface area contributed by atoms with Crippen LogP contribution in [0.1, 0.15) is 17.5 Å². The molecule has 36 heavy (non-hydrogen) atoms. The average Bonchev–Trinajstić information content (AvgIpc) is 3.15. The Hall–Kier alpha value is -2.77. The van der Waals surface area contributed by atoms with Crippen LogP contribution in [0, 0.1) is 0 Å². The number of methoxy groups -OCH3 is 1. The molecular formula is C23H23ClN4O5S3. The second-order valence-corrected chi connectivity index (χ2v) is 12.5. The van der Waals surface area contributed by atoms with Gasteiger partial charge in [-0.15, -0.1) is 0 Å². The molecule has 190 valence electrons. The normalized spacial score (nSPS) is 14.5. The van der Waals surface area contributed by atoms with Gasteiger partial charge in [0, 0.05) is 22.9 Å². The number of nitrogens with one attached hydrogen (secondary N) is 2. The molecule has 0 fully saturated rings. The van der Waals surface area contributed by atoms with Gasteiger partial charge in [0.1, 0.15) is 10.7 Å². The number of halogens is 1. The van der Waals surface area contributed by atoms with Crippen molar-refractivity contribution >= 4 is 65.5 Å². The smallest absolute Gasteiger partial charge is 0.264 e. The van der Waals surface area contributed by atoms with Gasteiger partial charge in [-0.1, -0.05) is 60.2 Å². The molecule has 0 radical (unpaired) electrons. The molecule has 2 N–H and O–H groups in total. The first-order chi connectivity index (χ1) is 17.0. The molecule has 0 atom stereocenters. The number of ether oxygens (including phenoxy) is 1. The Bertz CT molecular complexity index is 1630. The highest BCUT2D eigenvalue weighted by Gasteiger charge is 2.27. The van der Waals surface area contributed by atoms with E-state index >= 15 is 0 Å². The molecule has 1 heterocycles. The molecule has 0 unspecified atom stereocenters.